The van der Waals surface area contributed by atoms with Crippen LogP contribution in [0.15, 0.2) is 40.9 Å². The number of hydrogen-bond donors (Lipinski definition) is 2. The van der Waals surface area contributed by atoms with Gasteiger partial charge in [-0.15, -0.1) is 0 Å². The Balaban J connectivity index is 2.15. The van der Waals surface area contributed by atoms with E-state index in [1.807, 2.05) is 5.32 Å². The van der Waals surface area contributed by atoms with E-state index in [-0.39, 0.29) is 10.2 Å². The Morgan fingerprint density at radius 3 is 2.15 bits per heavy atom. The molecular weight excluding hydrogens is 337 g/mol. The summed E-state index contributed by atoms with van der Waals surface area (Å²) in [5.41, 5.74) is -0.704. The second-order valence-electron chi connectivity index (χ2n) is 3.80. The van der Waals surface area contributed by atoms with Gasteiger partial charge < -0.3 is 10.6 Å². The first-order valence-electron chi connectivity index (χ1n) is 5.44. The fourth-order valence-electron chi connectivity index (χ4n) is 1.49. The van der Waals surface area contributed by atoms with Crippen LogP contribution in [-0.4, -0.2) is 6.03 Å². The van der Waals surface area contributed by atoms with Crippen LogP contribution in [0.1, 0.15) is 0 Å². The number of amides is 2. The summed E-state index contributed by atoms with van der Waals surface area (Å²) in [5, 5.41) is 4.15. The van der Waals surface area contributed by atoms with Crippen molar-refractivity contribution in [3.63, 3.8) is 0 Å². The number of carbonyl (C=O) groups excluding carboxylic acids is 1. The van der Waals surface area contributed by atoms with Crippen LogP contribution < -0.4 is 10.6 Å². The zero-order valence-electron chi connectivity index (χ0n) is 9.88. The van der Waals surface area contributed by atoms with E-state index in [0.29, 0.717) is 0 Å². The van der Waals surface area contributed by atoms with Crippen molar-refractivity contribution < 1.29 is 18.0 Å². The van der Waals surface area contributed by atoms with Crippen molar-refractivity contribution in [2.24, 2.45) is 0 Å². The van der Waals surface area contributed by atoms with Crippen molar-refractivity contribution in [2.75, 3.05) is 10.6 Å². The van der Waals surface area contributed by atoms with E-state index in [1.54, 1.807) is 0 Å². The van der Waals surface area contributed by atoms with E-state index >= 15 is 0 Å². The standard InChI is InChI=1S/C13H8BrF3N2O/c14-7-5-9(16)12(10(17)6-7)19-13(20)18-11-4-2-1-3-8(11)15/h1-6H,(H2,18,19,20). The predicted octanol–water partition coefficient (Wildman–Crippen LogP) is 4.51. The van der Waals surface area contributed by atoms with E-state index in [0.717, 1.165) is 18.2 Å². The second kappa shape index (κ2) is 5.96. The van der Waals surface area contributed by atoms with Crippen LogP contribution in [0.2, 0.25) is 0 Å². The smallest absolute Gasteiger partial charge is 0.305 e. The third-order valence-corrected chi connectivity index (χ3v) is 2.83. The highest BCUT2D eigenvalue weighted by Crippen LogP contribution is 2.24. The molecule has 104 valence electrons. The van der Waals surface area contributed by atoms with Crippen molar-refractivity contribution in [1.82, 2.24) is 0 Å². The number of anilines is 2. The molecular formula is C13H8BrF3N2O. The SMILES string of the molecule is O=C(Nc1ccccc1F)Nc1c(F)cc(Br)cc1F. The summed E-state index contributed by atoms with van der Waals surface area (Å²) in [6, 6.07) is 6.49. The molecule has 0 saturated heterocycles. The molecule has 0 heterocycles. The minimum absolute atomic E-state index is 0.0945. The van der Waals surface area contributed by atoms with Gasteiger partial charge in [0.1, 0.15) is 11.5 Å². The maximum absolute atomic E-state index is 13.5. The molecule has 0 radical (unpaired) electrons. The lowest BCUT2D eigenvalue weighted by molar-refractivity contribution is 0.262. The Morgan fingerprint density at radius 1 is 0.950 bits per heavy atom. The number of urea groups is 1. The first-order valence-corrected chi connectivity index (χ1v) is 6.24. The largest absolute Gasteiger partial charge is 0.323 e. The van der Waals surface area contributed by atoms with Gasteiger partial charge in [-0.1, -0.05) is 28.1 Å². The van der Waals surface area contributed by atoms with Gasteiger partial charge in [-0.05, 0) is 24.3 Å². The molecule has 0 spiro atoms. The number of halogens is 4. The van der Waals surface area contributed by atoms with Crippen molar-refractivity contribution in [3.8, 4) is 0 Å². The van der Waals surface area contributed by atoms with Crippen LogP contribution in [0.5, 0.6) is 0 Å². The third-order valence-electron chi connectivity index (χ3n) is 2.37. The number of para-hydroxylation sites is 1. The molecule has 0 aliphatic rings. The predicted molar refractivity (Wildman–Crippen MR) is 73.1 cm³/mol. The van der Waals surface area contributed by atoms with Crippen LogP contribution in [0.25, 0.3) is 0 Å². The van der Waals surface area contributed by atoms with Gasteiger partial charge >= 0.3 is 6.03 Å². The lowest BCUT2D eigenvalue weighted by Crippen LogP contribution is -2.21. The van der Waals surface area contributed by atoms with Gasteiger partial charge in [-0.2, -0.15) is 0 Å². The minimum Gasteiger partial charge on any atom is -0.305 e. The normalized spacial score (nSPS) is 10.2. The zero-order valence-corrected chi connectivity index (χ0v) is 11.5. The first kappa shape index (κ1) is 14.4. The molecule has 3 nitrogen and oxygen atoms in total. The van der Waals surface area contributed by atoms with E-state index in [2.05, 4.69) is 21.2 Å². The molecule has 0 aromatic heterocycles. The molecule has 0 bridgehead atoms. The molecule has 2 rings (SSSR count). The number of carbonyl (C=O) groups is 1. The summed E-state index contributed by atoms with van der Waals surface area (Å²) in [5.74, 6) is -2.54. The second-order valence-corrected chi connectivity index (χ2v) is 4.72. The summed E-state index contributed by atoms with van der Waals surface area (Å²) in [4.78, 5) is 11.6. The summed E-state index contributed by atoms with van der Waals surface area (Å²) >= 11 is 2.92. The van der Waals surface area contributed by atoms with Crippen molar-refractivity contribution in [1.29, 1.82) is 0 Å². The molecule has 0 fully saturated rings. The molecule has 7 heteroatoms. The van der Waals surface area contributed by atoms with Crippen LogP contribution in [0, 0.1) is 17.5 Å². The average molecular weight is 345 g/mol. The highest BCUT2D eigenvalue weighted by Gasteiger charge is 2.14. The molecule has 2 aromatic rings. The Morgan fingerprint density at radius 2 is 1.55 bits per heavy atom. The van der Waals surface area contributed by atoms with Crippen LogP contribution in [0.4, 0.5) is 29.3 Å². The average Bonchev–Trinajstić information content (AvgIpc) is 2.36. The van der Waals surface area contributed by atoms with Crippen LogP contribution >= 0.6 is 15.9 Å². The van der Waals surface area contributed by atoms with Crippen LogP contribution in [-0.2, 0) is 0 Å². The Hall–Kier alpha value is -2.02. The summed E-state index contributed by atoms with van der Waals surface area (Å²) in [7, 11) is 0. The van der Waals surface area contributed by atoms with Gasteiger partial charge in [0.2, 0.25) is 0 Å². The van der Waals surface area contributed by atoms with Gasteiger partial charge in [0.25, 0.3) is 0 Å². The maximum Gasteiger partial charge on any atom is 0.323 e. The molecule has 0 atom stereocenters. The van der Waals surface area contributed by atoms with Crippen LogP contribution in [0.3, 0.4) is 0 Å². The van der Waals surface area contributed by atoms with E-state index < -0.39 is 29.2 Å². The highest BCUT2D eigenvalue weighted by atomic mass is 79.9. The van der Waals surface area contributed by atoms with Crippen molar-refractivity contribution in [3.05, 3.63) is 58.3 Å². The molecule has 0 aliphatic heterocycles. The molecule has 2 amide bonds. The van der Waals surface area contributed by atoms with Crippen molar-refractivity contribution in [2.45, 2.75) is 0 Å². The van der Waals surface area contributed by atoms with E-state index in [9.17, 15) is 18.0 Å². The Bertz CT molecular complexity index is 641. The summed E-state index contributed by atoms with van der Waals surface area (Å²) in [6.07, 6.45) is 0. The Labute approximate surface area is 120 Å². The highest BCUT2D eigenvalue weighted by molar-refractivity contribution is 9.10. The summed E-state index contributed by atoms with van der Waals surface area (Å²) < 4.78 is 40.5. The fourth-order valence-corrected chi connectivity index (χ4v) is 1.89. The third kappa shape index (κ3) is 3.30. The Kier molecular flexibility index (Phi) is 4.29. The van der Waals surface area contributed by atoms with E-state index in [4.69, 9.17) is 0 Å². The molecule has 0 unspecified atom stereocenters. The lowest BCUT2D eigenvalue weighted by Gasteiger charge is -2.10. The van der Waals surface area contributed by atoms with Gasteiger partial charge in [0.05, 0.1) is 5.69 Å². The quantitative estimate of drug-likeness (QED) is 0.826. The number of hydrogen-bond acceptors (Lipinski definition) is 1. The number of rotatable bonds is 2. The van der Waals surface area contributed by atoms with E-state index in [1.165, 1.54) is 18.2 Å². The molecule has 2 N–H and O–H groups in total. The summed E-state index contributed by atoms with van der Waals surface area (Å²) in [6.45, 7) is 0. The minimum atomic E-state index is -0.949. The van der Waals surface area contributed by atoms with Gasteiger partial charge in [-0.3, -0.25) is 0 Å². The van der Waals surface area contributed by atoms with Gasteiger partial charge in [-0.25, -0.2) is 18.0 Å². The maximum atomic E-state index is 13.5. The lowest BCUT2D eigenvalue weighted by atomic mass is 10.3. The zero-order chi connectivity index (χ0) is 14.7. The fraction of sp³-hybridized carbons (Fsp3) is 0. The monoisotopic (exact) mass is 344 g/mol. The molecule has 20 heavy (non-hydrogen) atoms. The first-order chi connectivity index (χ1) is 9.47. The number of nitrogens with one attached hydrogen (secondary N) is 2. The molecule has 0 aliphatic carbocycles. The van der Waals surface area contributed by atoms with Crippen molar-refractivity contribution >= 4 is 33.3 Å². The topological polar surface area (TPSA) is 41.1 Å². The molecule has 0 saturated carbocycles. The van der Waals surface area contributed by atoms with Gasteiger partial charge in [0, 0.05) is 4.47 Å². The molecule has 2 aromatic carbocycles. The van der Waals surface area contributed by atoms with Gasteiger partial charge in [0.15, 0.2) is 11.6 Å². The number of benzene rings is 2.